The van der Waals surface area contributed by atoms with E-state index in [1.54, 1.807) is 17.4 Å². The van der Waals surface area contributed by atoms with Gasteiger partial charge in [0, 0.05) is 25.6 Å². The topological polar surface area (TPSA) is 71.7 Å². The van der Waals surface area contributed by atoms with Gasteiger partial charge in [0.05, 0.1) is 6.61 Å². The summed E-state index contributed by atoms with van der Waals surface area (Å²) in [7, 11) is 5.66. The number of rotatable bonds is 8. The zero-order valence-electron chi connectivity index (χ0n) is 11.8. The van der Waals surface area contributed by atoms with Gasteiger partial charge in [-0.1, -0.05) is 0 Å². The van der Waals surface area contributed by atoms with Crippen LogP contribution in [0.2, 0.25) is 0 Å². The molecule has 0 bridgehead atoms. The highest BCUT2D eigenvalue weighted by Gasteiger charge is 2.17. The molecule has 1 aromatic heterocycles. The number of carbonyl (C=O) groups excluding carboxylic acids is 1. The molecule has 0 aliphatic heterocycles. The molecule has 1 rings (SSSR count). The summed E-state index contributed by atoms with van der Waals surface area (Å²) in [6.07, 6.45) is 0.919. The van der Waals surface area contributed by atoms with E-state index in [4.69, 9.17) is 10.5 Å². The molecule has 0 spiro atoms. The summed E-state index contributed by atoms with van der Waals surface area (Å²) in [6, 6.07) is 0. The lowest BCUT2D eigenvalue weighted by atomic mass is 10.3. The number of thiazole rings is 1. The summed E-state index contributed by atoms with van der Waals surface area (Å²) in [5, 5.41) is 2.12. The number of aromatic nitrogens is 1. The van der Waals surface area contributed by atoms with E-state index in [-0.39, 0.29) is 5.91 Å². The lowest BCUT2D eigenvalue weighted by Gasteiger charge is -2.22. The predicted octanol–water partition coefficient (Wildman–Crippen LogP) is 0.766. The molecule has 0 fully saturated rings. The summed E-state index contributed by atoms with van der Waals surface area (Å²) in [5.41, 5.74) is 5.98. The number of methoxy groups -OCH3 is 1. The fourth-order valence-electron chi connectivity index (χ4n) is 1.64. The van der Waals surface area contributed by atoms with Crippen molar-refractivity contribution in [2.75, 3.05) is 53.2 Å². The van der Waals surface area contributed by atoms with Gasteiger partial charge < -0.3 is 20.3 Å². The van der Waals surface area contributed by atoms with Crippen molar-refractivity contribution in [3.05, 3.63) is 11.1 Å². The van der Waals surface area contributed by atoms with Gasteiger partial charge in [0.2, 0.25) is 0 Å². The van der Waals surface area contributed by atoms with Crippen molar-refractivity contribution in [2.45, 2.75) is 6.42 Å². The lowest BCUT2D eigenvalue weighted by Crippen LogP contribution is -2.36. The highest BCUT2D eigenvalue weighted by molar-refractivity contribution is 7.13. The molecule has 1 amide bonds. The first-order valence-corrected chi connectivity index (χ1v) is 7.06. The van der Waals surface area contributed by atoms with Crippen LogP contribution >= 0.6 is 11.3 Å². The second-order valence-corrected chi connectivity index (χ2v) is 5.40. The van der Waals surface area contributed by atoms with Gasteiger partial charge in [0.25, 0.3) is 5.91 Å². The zero-order valence-corrected chi connectivity index (χ0v) is 12.6. The minimum atomic E-state index is -0.0799. The van der Waals surface area contributed by atoms with E-state index in [2.05, 4.69) is 9.88 Å². The van der Waals surface area contributed by atoms with E-state index in [0.29, 0.717) is 30.5 Å². The van der Waals surface area contributed by atoms with E-state index in [1.807, 2.05) is 14.1 Å². The molecule has 2 N–H and O–H groups in total. The summed E-state index contributed by atoms with van der Waals surface area (Å²) >= 11 is 1.28. The Labute approximate surface area is 118 Å². The van der Waals surface area contributed by atoms with E-state index >= 15 is 0 Å². The van der Waals surface area contributed by atoms with Crippen molar-refractivity contribution in [3.8, 4) is 0 Å². The second-order valence-electron chi connectivity index (χ2n) is 4.51. The van der Waals surface area contributed by atoms with E-state index in [1.165, 1.54) is 11.3 Å². The monoisotopic (exact) mass is 286 g/mol. The number of nitrogens with two attached hydrogens (primary N) is 1. The van der Waals surface area contributed by atoms with Crippen LogP contribution in [0.5, 0.6) is 0 Å². The zero-order chi connectivity index (χ0) is 14.3. The number of anilines is 1. The molecular formula is C12H22N4O2S. The second kappa shape index (κ2) is 8.08. The van der Waals surface area contributed by atoms with Crippen molar-refractivity contribution in [1.82, 2.24) is 14.8 Å². The van der Waals surface area contributed by atoms with Crippen LogP contribution in [0.15, 0.2) is 5.38 Å². The highest BCUT2D eigenvalue weighted by Crippen LogP contribution is 2.13. The minimum Gasteiger partial charge on any atom is -0.383 e. The standard InChI is InChI=1S/C12H22N4O2S/c1-15(2)5-4-6-16(7-8-18-3)11(17)10-9-19-12(13)14-10/h9H,4-8H2,1-3H3,(H2,13,14). The van der Waals surface area contributed by atoms with Gasteiger partial charge in [0.15, 0.2) is 5.13 Å². The maximum absolute atomic E-state index is 12.3. The molecule has 108 valence electrons. The Balaban J connectivity index is 2.59. The molecule has 19 heavy (non-hydrogen) atoms. The smallest absolute Gasteiger partial charge is 0.273 e. The fourth-order valence-corrected chi connectivity index (χ4v) is 2.18. The van der Waals surface area contributed by atoms with Crippen LogP contribution in [0.1, 0.15) is 16.9 Å². The van der Waals surface area contributed by atoms with Crippen molar-refractivity contribution in [2.24, 2.45) is 0 Å². The predicted molar refractivity (Wildman–Crippen MR) is 77.5 cm³/mol. The van der Waals surface area contributed by atoms with Gasteiger partial charge in [-0.3, -0.25) is 4.79 Å². The van der Waals surface area contributed by atoms with Gasteiger partial charge in [-0.25, -0.2) is 4.98 Å². The molecule has 1 aromatic rings. The van der Waals surface area contributed by atoms with Gasteiger partial charge >= 0.3 is 0 Å². The van der Waals surface area contributed by atoms with Gasteiger partial charge in [-0.15, -0.1) is 11.3 Å². The summed E-state index contributed by atoms with van der Waals surface area (Å²) in [6.45, 7) is 2.72. The number of hydrogen-bond donors (Lipinski definition) is 1. The SMILES string of the molecule is COCCN(CCCN(C)C)C(=O)c1csc(N)n1. The van der Waals surface area contributed by atoms with E-state index in [0.717, 1.165) is 13.0 Å². The van der Waals surface area contributed by atoms with Crippen molar-refractivity contribution in [3.63, 3.8) is 0 Å². The summed E-state index contributed by atoms with van der Waals surface area (Å²) < 4.78 is 5.04. The molecule has 0 atom stereocenters. The van der Waals surface area contributed by atoms with E-state index < -0.39 is 0 Å². The third kappa shape index (κ3) is 5.54. The number of hydrogen-bond acceptors (Lipinski definition) is 6. The third-order valence-electron chi connectivity index (χ3n) is 2.63. The molecule has 0 saturated heterocycles. The third-order valence-corrected chi connectivity index (χ3v) is 3.30. The van der Waals surface area contributed by atoms with E-state index in [9.17, 15) is 4.79 Å². The first-order chi connectivity index (χ1) is 9.04. The molecule has 0 aromatic carbocycles. The first-order valence-electron chi connectivity index (χ1n) is 6.18. The van der Waals surface area contributed by atoms with Crippen LogP contribution in [0.25, 0.3) is 0 Å². The van der Waals surface area contributed by atoms with Crippen LogP contribution in [0.3, 0.4) is 0 Å². The molecule has 0 aliphatic carbocycles. The average Bonchev–Trinajstić information content (AvgIpc) is 2.79. The molecular weight excluding hydrogens is 264 g/mol. The van der Waals surface area contributed by atoms with Gasteiger partial charge in [-0.05, 0) is 27.1 Å². The largest absolute Gasteiger partial charge is 0.383 e. The molecule has 1 heterocycles. The van der Waals surface area contributed by atoms with Crippen LogP contribution in [0.4, 0.5) is 5.13 Å². The molecule has 7 heteroatoms. The van der Waals surface area contributed by atoms with Gasteiger partial charge in [0.1, 0.15) is 5.69 Å². The quantitative estimate of drug-likeness (QED) is 0.764. The normalized spacial score (nSPS) is 10.9. The van der Waals surface area contributed by atoms with Gasteiger partial charge in [-0.2, -0.15) is 0 Å². The van der Waals surface area contributed by atoms with Crippen molar-refractivity contribution < 1.29 is 9.53 Å². The maximum Gasteiger partial charge on any atom is 0.273 e. The molecule has 0 radical (unpaired) electrons. The number of ether oxygens (including phenoxy) is 1. The number of carbonyl (C=O) groups is 1. The maximum atomic E-state index is 12.3. The number of nitrogens with zero attached hydrogens (tertiary/aromatic N) is 3. The Kier molecular flexibility index (Phi) is 6.75. The summed E-state index contributed by atoms with van der Waals surface area (Å²) in [4.78, 5) is 20.2. The highest BCUT2D eigenvalue weighted by atomic mass is 32.1. The van der Waals surface area contributed by atoms with Crippen LogP contribution in [-0.2, 0) is 4.74 Å². The fraction of sp³-hybridized carbons (Fsp3) is 0.667. The first kappa shape index (κ1) is 15.9. The Hall–Kier alpha value is -1.18. The Morgan fingerprint density at radius 1 is 1.42 bits per heavy atom. The lowest BCUT2D eigenvalue weighted by molar-refractivity contribution is 0.0684. The number of amides is 1. The van der Waals surface area contributed by atoms with Crippen LogP contribution in [-0.4, -0.2) is 68.1 Å². The molecule has 0 unspecified atom stereocenters. The molecule has 0 saturated carbocycles. The Morgan fingerprint density at radius 2 is 2.16 bits per heavy atom. The average molecular weight is 286 g/mol. The molecule has 6 nitrogen and oxygen atoms in total. The van der Waals surface area contributed by atoms with Crippen LogP contribution < -0.4 is 5.73 Å². The van der Waals surface area contributed by atoms with Crippen LogP contribution in [0, 0.1) is 0 Å². The minimum absolute atomic E-state index is 0.0799. The summed E-state index contributed by atoms with van der Waals surface area (Å²) in [5.74, 6) is -0.0799. The Morgan fingerprint density at radius 3 is 2.68 bits per heavy atom. The Bertz CT molecular complexity index is 395. The molecule has 0 aliphatic rings. The van der Waals surface area contributed by atoms with Crippen molar-refractivity contribution >= 4 is 22.4 Å². The van der Waals surface area contributed by atoms with Crippen molar-refractivity contribution in [1.29, 1.82) is 0 Å². The number of nitrogen functional groups attached to an aromatic ring is 1.